The van der Waals surface area contributed by atoms with Crippen molar-refractivity contribution in [1.29, 1.82) is 0 Å². The number of carbonyl (C=O) groups is 1. The highest BCUT2D eigenvalue weighted by molar-refractivity contribution is 5.92. The third-order valence-corrected chi connectivity index (χ3v) is 2.15. The number of amides is 1. The molecule has 0 radical (unpaired) electrons. The molecule has 7 heteroatoms. The summed E-state index contributed by atoms with van der Waals surface area (Å²) in [6.07, 6.45) is -4.19. The molecule has 0 saturated carbocycles. The lowest BCUT2D eigenvalue weighted by Crippen LogP contribution is -2.21. The highest BCUT2D eigenvalue weighted by Crippen LogP contribution is 2.26. The normalized spacial score (nSPS) is 11.2. The minimum Gasteiger partial charge on any atom is -0.482 e. The lowest BCUT2D eigenvalue weighted by molar-refractivity contribution is -0.153. The second-order valence-electron chi connectivity index (χ2n) is 3.80. The molecule has 1 aromatic carbocycles. The van der Waals surface area contributed by atoms with Crippen LogP contribution in [-0.4, -0.2) is 32.3 Å². The molecule has 0 atom stereocenters. The van der Waals surface area contributed by atoms with Crippen molar-refractivity contribution in [2.24, 2.45) is 0 Å². The van der Waals surface area contributed by atoms with Crippen LogP contribution >= 0.6 is 0 Å². The molecule has 0 aromatic heterocycles. The first-order valence-corrected chi connectivity index (χ1v) is 5.65. The first-order valence-electron chi connectivity index (χ1n) is 5.65. The zero-order valence-corrected chi connectivity index (χ0v) is 10.4. The molecule has 0 saturated heterocycles. The van der Waals surface area contributed by atoms with Gasteiger partial charge < -0.3 is 15.4 Å². The Bertz CT molecular complexity index is 422. The van der Waals surface area contributed by atoms with Gasteiger partial charge in [0, 0.05) is 13.0 Å². The predicted molar refractivity (Wildman–Crippen MR) is 65.2 cm³/mol. The average molecular weight is 276 g/mol. The fourth-order valence-corrected chi connectivity index (χ4v) is 1.31. The Kier molecular flexibility index (Phi) is 5.62. The standard InChI is InChI=1S/C12H15F3N2O2/c1-16-7-6-11(18)17-9-4-2-3-5-10(9)19-8-12(13,14)15/h2-5,16H,6-8H2,1H3,(H,17,18). The molecule has 1 amide bonds. The lowest BCUT2D eigenvalue weighted by Gasteiger charge is -2.13. The van der Waals surface area contributed by atoms with Crippen molar-refractivity contribution < 1.29 is 22.7 Å². The van der Waals surface area contributed by atoms with Crippen molar-refractivity contribution in [3.8, 4) is 5.75 Å². The summed E-state index contributed by atoms with van der Waals surface area (Å²) >= 11 is 0. The molecule has 0 aliphatic heterocycles. The summed E-state index contributed by atoms with van der Waals surface area (Å²) in [5, 5.41) is 5.31. The van der Waals surface area contributed by atoms with Crippen LogP contribution in [0, 0.1) is 0 Å². The zero-order chi connectivity index (χ0) is 14.3. The maximum atomic E-state index is 12.1. The summed E-state index contributed by atoms with van der Waals surface area (Å²) in [7, 11) is 1.70. The second kappa shape index (κ2) is 6.98. The SMILES string of the molecule is CNCCC(=O)Nc1ccccc1OCC(F)(F)F. The molecular formula is C12H15F3N2O2. The highest BCUT2D eigenvalue weighted by Gasteiger charge is 2.28. The maximum absolute atomic E-state index is 12.1. The van der Waals surface area contributed by atoms with E-state index in [9.17, 15) is 18.0 Å². The Morgan fingerprint density at radius 2 is 2.00 bits per heavy atom. The van der Waals surface area contributed by atoms with Crippen LogP contribution in [0.3, 0.4) is 0 Å². The van der Waals surface area contributed by atoms with E-state index in [1.165, 1.54) is 18.2 Å². The molecule has 1 rings (SSSR count). The number of rotatable bonds is 6. The van der Waals surface area contributed by atoms with E-state index in [1.54, 1.807) is 13.1 Å². The van der Waals surface area contributed by atoms with Gasteiger partial charge in [0.1, 0.15) is 5.75 Å². The maximum Gasteiger partial charge on any atom is 0.422 e. The van der Waals surface area contributed by atoms with Crippen LogP contribution in [0.25, 0.3) is 0 Å². The fraction of sp³-hybridized carbons (Fsp3) is 0.417. The van der Waals surface area contributed by atoms with Gasteiger partial charge in [0.2, 0.25) is 5.91 Å². The molecule has 19 heavy (non-hydrogen) atoms. The van der Waals surface area contributed by atoms with Gasteiger partial charge in [-0.1, -0.05) is 12.1 Å². The fourth-order valence-electron chi connectivity index (χ4n) is 1.31. The van der Waals surface area contributed by atoms with Gasteiger partial charge in [-0.15, -0.1) is 0 Å². The van der Waals surface area contributed by atoms with Gasteiger partial charge in [-0.2, -0.15) is 13.2 Å². The number of alkyl halides is 3. The van der Waals surface area contributed by atoms with E-state index in [1.807, 2.05) is 0 Å². The summed E-state index contributed by atoms with van der Waals surface area (Å²) in [5.74, 6) is -0.296. The van der Waals surface area contributed by atoms with Gasteiger partial charge in [0.25, 0.3) is 0 Å². The lowest BCUT2D eigenvalue weighted by atomic mass is 10.2. The molecule has 0 spiro atoms. The van der Waals surface area contributed by atoms with Gasteiger partial charge >= 0.3 is 6.18 Å². The topological polar surface area (TPSA) is 50.4 Å². The summed E-state index contributed by atoms with van der Waals surface area (Å²) < 4.78 is 40.9. The number of hydrogen-bond acceptors (Lipinski definition) is 3. The molecule has 2 N–H and O–H groups in total. The highest BCUT2D eigenvalue weighted by atomic mass is 19.4. The van der Waals surface area contributed by atoms with Crippen molar-refractivity contribution in [2.45, 2.75) is 12.6 Å². The Labute approximate surface area is 108 Å². The molecule has 0 fully saturated rings. The van der Waals surface area contributed by atoms with Gasteiger partial charge in [-0.25, -0.2) is 0 Å². The van der Waals surface area contributed by atoms with Gasteiger partial charge in [0.05, 0.1) is 5.69 Å². The zero-order valence-electron chi connectivity index (χ0n) is 10.4. The van der Waals surface area contributed by atoms with Crippen LogP contribution in [0.4, 0.5) is 18.9 Å². The molecule has 0 bridgehead atoms. The number of anilines is 1. The minimum atomic E-state index is -4.41. The Hall–Kier alpha value is -1.76. The average Bonchev–Trinajstić information content (AvgIpc) is 2.34. The number of para-hydroxylation sites is 2. The van der Waals surface area contributed by atoms with E-state index >= 15 is 0 Å². The van der Waals surface area contributed by atoms with Crippen molar-refractivity contribution in [2.75, 3.05) is 25.5 Å². The van der Waals surface area contributed by atoms with Crippen LogP contribution in [0.1, 0.15) is 6.42 Å². The number of ether oxygens (including phenoxy) is 1. The van der Waals surface area contributed by atoms with Crippen LogP contribution < -0.4 is 15.4 Å². The van der Waals surface area contributed by atoms with Gasteiger partial charge in [-0.05, 0) is 19.2 Å². The van der Waals surface area contributed by atoms with Crippen molar-refractivity contribution in [3.63, 3.8) is 0 Å². The van der Waals surface area contributed by atoms with E-state index in [-0.39, 0.29) is 23.8 Å². The van der Waals surface area contributed by atoms with Crippen LogP contribution in [-0.2, 0) is 4.79 Å². The molecule has 0 aliphatic carbocycles. The van der Waals surface area contributed by atoms with Crippen LogP contribution in [0.5, 0.6) is 5.75 Å². The number of carbonyl (C=O) groups excluding carboxylic acids is 1. The van der Waals surface area contributed by atoms with E-state index in [0.717, 1.165) is 0 Å². The second-order valence-corrected chi connectivity index (χ2v) is 3.80. The Balaban J connectivity index is 2.65. The number of benzene rings is 1. The monoisotopic (exact) mass is 276 g/mol. The summed E-state index contributed by atoms with van der Waals surface area (Å²) in [6, 6.07) is 6.01. The van der Waals surface area contributed by atoms with E-state index in [4.69, 9.17) is 0 Å². The summed E-state index contributed by atoms with van der Waals surface area (Å²) in [6.45, 7) is -0.909. The molecule has 1 aromatic rings. The largest absolute Gasteiger partial charge is 0.482 e. The molecule has 106 valence electrons. The van der Waals surface area contributed by atoms with E-state index in [2.05, 4.69) is 15.4 Å². The molecule has 0 heterocycles. The number of halogens is 3. The third-order valence-electron chi connectivity index (χ3n) is 2.15. The first-order chi connectivity index (χ1) is 8.92. The smallest absolute Gasteiger partial charge is 0.422 e. The minimum absolute atomic E-state index is 0.00219. The molecule has 0 aliphatic rings. The van der Waals surface area contributed by atoms with Crippen LogP contribution in [0.2, 0.25) is 0 Å². The van der Waals surface area contributed by atoms with E-state index in [0.29, 0.717) is 6.54 Å². The predicted octanol–water partition coefficient (Wildman–Crippen LogP) is 2.18. The Morgan fingerprint density at radius 3 is 2.63 bits per heavy atom. The van der Waals surface area contributed by atoms with Crippen molar-refractivity contribution in [1.82, 2.24) is 5.32 Å². The van der Waals surface area contributed by atoms with Gasteiger partial charge in [-0.3, -0.25) is 4.79 Å². The van der Waals surface area contributed by atoms with Crippen LogP contribution in [0.15, 0.2) is 24.3 Å². The molecular weight excluding hydrogens is 261 g/mol. The summed E-state index contributed by atoms with van der Waals surface area (Å²) in [4.78, 5) is 11.5. The summed E-state index contributed by atoms with van der Waals surface area (Å²) in [5.41, 5.74) is 0.229. The number of hydrogen-bond donors (Lipinski definition) is 2. The molecule has 0 unspecified atom stereocenters. The third kappa shape index (κ3) is 6.10. The molecule has 4 nitrogen and oxygen atoms in total. The van der Waals surface area contributed by atoms with Gasteiger partial charge in [0.15, 0.2) is 6.61 Å². The first kappa shape index (κ1) is 15.3. The quantitative estimate of drug-likeness (QED) is 0.837. The van der Waals surface area contributed by atoms with Crippen molar-refractivity contribution >= 4 is 11.6 Å². The number of nitrogens with one attached hydrogen (secondary N) is 2. The Morgan fingerprint density at radius 1 is 1.32 bits per heavy atom. The van der Waals surface area contributed by atoms with Crippen molar-refractivity contribution in [3.05, 3.63) is 24.3 Å². The van der Waals surface area contributed by atoms with E-state index < -0.39 is 12.8 Å².